The minimum atomic E-state index is -3.70. The summed E-state index contributed by atoms with van der Waals surface area (Å²) < 4.78 is 34.4. The number of benzene rings is 2. The molecule has 2 aromatic rings. The zero-order valence-electron chi connectivity index (χ0n) is 12.8. The molecule has 6 heteroatoms. The van der Waals surface area contributed by atoms with Gasteiger partial charge >= 0.3 is 5.97 Å². The molecular weight excluding hydrogens is 316 g/mol. The molecule has 0 unspecified atom stereocenters. The molecule has 0 aliphatic heterocycles. The van der Waals surface area contributed by atoms with Gasteiger partial charge < -0.3 is 9.47 Å². The van der Waals surface area contributed by atoms with Crippen molar-refractivity contribution in [3.05, 3.63) is 60.2 Å². The smallest absolute Gasteiger partial charge is 0.321 e. The van der Waals surface area contributed by atoms with Crippen LogP contribution in [0.5, 0.6) is 5.75 Å². The highest BCUT2D eigenvalue weighted by atomic mass is 32.2. The summed E-state index contributed by atoms with van der Waals surface area (Å²) in [4.78, 5) is 11.4. The molecule has 0 N–H and O–H groups in total. The van der Waals surface area contributed by atoms with E-state index in [-0.39, 0.29) is 11.5 Å². The molecule has 0 atom stereocenters. The lowest BCUT2D eigenvalue weighted by Crippen LogP contribution is -2.18. The van der Waals surface area contributed by atoms with E-state index in [9.17, 15) is 13.2 Å². The van der Waals surface area contributed by atoms with Crippen LogP contribution in [-0.2, 0) is 26.0 Å². The Labute approximate surface area is 135 Å². The van der Waals surface area contributed by atoms with Crippen LogP contribution in [0, 0.1) is 0 Å². The van der Waals surface area contributed by atoms with Crippen molar-refractivity contribution in [1.29, 1.82) is 0 Å². The van der Waals surface area contributed by atoms with Crippen molar-refractivity contribution in [3.63, 3.8) is 0 Å². The van der Waals surface area contributed by atoms with Gasteiger partial charge in [-0.15, -0.1) is 0 Å². The van der Waals surface area contributed by atoms with Crippen LogP contribution in [0.25, 0.3) is 0 Å². The van der Waals surface area contributed by atoms with Gasteiger partial charge in [0.15, 0.2) is 15.6 Å². The Morgan fingerprint density at radius 3 is 2.26 bits per heavy atom. The molecule has 0 saturated heterocycles. The average Bonchev–Trinajstić information content (AvgIpc) is 2.54. The van der Waals surface area contributed by atoms with E-state index in [2.05, 4.69) is 4.74 Å². The Morgan fingerprint density at radius 1 is 1.00 bits per heavy atom. The highest BCUT2D eigenvalue weighted by Gasteiger charge is 2.20. The fourth-order valence-electron chi connectivity index (χ4n) is 1.93. The second kappa shape index (κ2) is 7.78. The normalized spacial score (nSPS) is 11.0. The summed E-state index contributed by atoms with van der Waals surface area (Å²) >= 11 is 0. The zero-order valence-corrected chi connectivity index (χ0v) is 13.6. The fraction of sp³-hybridized carbons (Fsp3) is 0.235. The molecule has 2 aromatic carbocycles. The first-order chi connectivity index (χ1) is 11.0. The van der Waals surface area contributed by atoms with Gasteiger partial charge in [0.25, 0.3) is 0 Å². The second-order valence-corrected chi connectivity index (χ2v) is 6.80. The molecule has 0 heterocycles. The third-order valence-corrected chi connectivity index (χ3v) is 4.65. The Balaban J connectivity index is 2.00. The molecule has 0 saturated carbocycles. The van der Waals surface area contributed by atoms with E-state index in [1.165, 1.54) is 12.1 Å². The predicted octanol–water partition coefficient (Wildman–Crippen LogP) is 2.60. The van der Waals surface area contributed by atoms with Crippen molar-refractivity contribution in [3.8, 4) is 5.75 Å². The van der Waals surface area contributed by atoms with Gasteiger partial charge in [-0.2, -0.15) is 0 Å². The lowest BCUT2D eigenvalue weighted by Gasteiger charge is -2.08. The molecule has 0 fully saturated rings. The Bertz CT molecular complexity index is 736. The lowest BCUT2D eigenvalue weighted by atomic mass is 10.2. The summed E-state index contributed by atoms with van der Waals surface area (Å²) in [5.41, 5.74) is 1.02. The van der Waals surface area contributed by atoms with Gasteiger partial charge in [-0.3, -0.25) is 4.79 Å². The number of rotatable bonds is 7. The van der Waals surface area contributed by atoms with Gasteiger partial charge in [0.2, 0.25) is 0 Å². The highest BCUT2D eigenvalue weighted by molar-refractivity contribution is 7.92. The number of esters is 1. The highest BCUT2D eigenvalue weighted by Crippen LogP contribution is 2.18. The quantitative estimate of drug-likeness (QED) is 0.728. The number of ether oxygens (including phenoxy) is 2. The Hall–Kier alpha value is -2.34. The monoisotopic (exact) mass is 334 g/mol. The molecule has 2 rings (SSSR count). The summed E-state index contributed by atoms with van der Waals surface area (Å²) in [6.07, 6.45) is 0. The van der Waals surface area contributed by atoms with Crippen molar-refractivity contribution >= 4 is 15.8 Å². The molecule has 0 aliphatic carbocycles. The summed E-state index contributed by atoms with van der Waals surface area (Å²) in [7, 11) is -3.70. The van der Waals surface area contributed by atoms with Gasteiger partial charge in [-0.05, 0) is 36.8 Å². The summed E-state index contributed by atoms with van der Waals surface area (Å²) in [6, 6.07) is 15.6. The lowest BCUT2D eigenvalue weighted by molar-refractivity contribution is -0.139. The molecular formula is C17H18O5S. The Kier molecular flexibility index (Phi) is 5.76. The van der Waals surface area contributed by atoms with E-state index in [1.807, 2.05) is 30.3 Å². The Morgan fingerprint density at radius 2 is 1.65 bits per heavy atom. The van der Waals surface area contributed by atoms with Crippen LogP contribution < -0.4 is 4.74 Å². The van der Waals surface area contributed by atoms with Crippen LogP contribution in [0.4, 0.5) is 0 Å². The summed E-state index contributed by atoms with van der Waals surface area (Å²) in [6.45, 7) is 2.18. The average molecular weight is 334 g/mol. The van der Waals surface area contributed by atoms with Crippen LogP contribution >= 0.6 is 0 Å². The number of hydrogen-bond acceptors (Lipinski definition) is 5. The predicted molar refractivity (Wildman–Crippen MR) is 85.9 cm³/mol. The summed E-state index contributed by atoms with van der Waals surface area (Å²) in [5.74, 6) is -0.855. The third-order valence-electron chi connectivity index (χ3n) is 3.04. The topological polar surface area (TPSA) is 69.7 Å². The standard InChI is InChI=1S/C17H18O5S/c1-2-21-17(18)13-23(19,20)16-10-8-15(9-11-16)22-12-14-6-4-3-5-7-14/h3-11H,2,12-13H2,1H3. The molecule has 0 radical (unpaired) electrons. The van der Waals surface area contributed by atoms with E-state index < -0.39 is 21.6 Å². The maximum absolute atomic E-state index is 12.1. The second-order valence-electron chi connectivity index (χ2n) is 4.81. The van der Waals surface area contributed by atoms with E-state index in [1.54, 1.807) is 19.1 Å². The molecule has 122 valence electrons. The van der Waals surface area contributed by atoms with Gasteiger partial charge in [0.05, 0.1) is 11.5 Å². The van der Waals surface area contributed by atoms with Crippen LogP contribution in [0.3, 0.4) is 0 Å². The molecule has 0 bridgehead atoms. The number of sulfone groups is 1. The molecule has 0 aromatic heterocycles. The first kappa shape index (κ1) is 17.0. The number of carbonyl (C=O) groups is 1. The fourth-order valence-corrected chi connectivity index (χ4v) is 3.04. The first-order valence-electron chi connectivity index (χ1n) is 7.16. The van der Waals surface area contributed by atoms with Gasteiger partial charge in [-0.25, -0.2) is 8.42 Å². The minimum absolute atomic E-state index is 0.0672. The third kappa shape index (κ3) is 5.10. The van der Waals surface area contributed by atoms with Crippen molar-refractivity contribution in [2.75, 3.05) is 12.4 Å². The van der Waals surface area contributed by atoms with E-state index >= 15 is 0 Å². The number of carbonyl (C=O) groups excluding carboxylic acids is 1. The molecule has 0 amide bonds. The summed E-state index contributed by atoms with van der Waals surface area (Å²) in [5, 5.41) is 0. The van der Waals surface area contributed by atoms with Crippen LogP contribution in [0.15, 0.2) is 59.5 Å². The minimum Gasteiger partial charge on any atom is -0.489 e. The molecule has 5 nitrogen and oxygen atoms in total. The van der Waals surface area contributed by atoms with Crippen LogP contribution in [0.2, 0.25) is 0 Å². The largest absolute Gasteiger partial charge is 0.489 e. The van der Waals surface area contributed by atoms with E-state index in [0.29, 0.717) is 12.4 Å². The maximum atomic E-state index is 12.1. The molecule has 0 spiro atoms. The van der Waals surface area contributed by atoms with Crippen molar-refractivity contribution < 1.29 is 22.7 Å². The first-order valence-corrected chi connectivity index (χ1v) is 8.81. The van der Waals surface area contributed by atoms with E-state index in [4.69, 9.17) is 4.74 Å². The zero-order chi connectivity index (χ0) is 16.7. The SMILES string of the molecule is CCOC(=O)CS(=O)(=O)c1ccc(OCc2ccccc2)cc1. The van der Waals surface area contributed by atoms with Crippen LogP contribution in [-0.4, -0.2) is 26.7 Å². The molecule has 0 aliphatic rings. The van der Waals surface area contributed by atoms with Gasteiger partial charge in [0, 0.05) is 0 Å². The maximum Gasteiger partial charge on any atom is 0.321 e. The van der Waals surface area contributed by atoms with Gasteiger partial charge in [-0.1, -0.05) is 30.3 Å². The molecule has 23 heavy (non-hydrogen) atoms. The van der Waals surface area contributed by atoms with Gasteiger partial charge in [0.1, 0.15) is 12.4 Å². The van der Waals surface area contributed by atoms with Crippen LogP contribution in [0.1, 0.15) is 12.5 Å². The van der Waals surface area contributed by atoms with E-state index in [0.717, 1.165) is 5.56 Å². The number of hydrogen-bond donors (Lipinski definition) is 0. The van der Waals surface area contributed by atoms with Crippen molar-refractivity contribution in [2.24, 2.45) is 0 Å². The van der Waals surface area contributed by atoms with Crippen molar-refractivity contribution in [1.82, 2.24) is 0 Å². The van der Waals surface area contributed by atoms with Crippen molar-refractivity contribution in [2.45, 2.75) is 18.4 Å².